The van der Waals surface area contributed by atoms with Crippen LogP contribution in [-0.2, 0) is 10.0 Å². The highest BCUT2D eigenvalue weighted by Gasteiger charge is 2.48. The number of fused-ring (bicyclic) bond motifs is 3. The Labute approximate surface area is 194 Å². The van der Waals surface area contributed by atoms with Gasteiger partial charge in [0, 0.05) is 18.2 Å². The summed E-state index contributed by atoms with van der Waals surface area (Å²) in [6.45, 7) is 2.28. The number of hydrogen-bond acceptors (Lipinski definition) is 5. The van der Waals surface area contributed by atoms with Gasteiger partial charge in [0.15, 0.2) is 0 Å². The van der Waals surface area contributed by atoms with Crippen LogP contribution in [-0.4, -0.2) is 37.0 Å². The monoisotopic (exact) mass is 459 g/mol. The molecule has 3 atom stereocenters. The molecule has 0 bridgehead atoms. The summed E-state index contributed by atoms with van der Waals surface area (Å²) >= 11 is 0. The van der Waals surface area contributed by atoms with Crippen molar-refractivity contribution >= 4 is 15.7 Å². The molecule has 0 amide bonds. The van der Waals surface area contributed by atoms with Crippen LogP contribution in [0, 0.1) is 24.2 Å². The molecule has 168 valence electrons. The summed E-state index contributed by atoms with van der Waals surface area (Å²) in [6.07, 6.45) is 0.675. The number of nitrogens with one attached hydrogen (secondary N) is 1. The lowest BCUT2D eigenvalue weighted by molar-refractivity contribution is 0.210. The lowest BCUT2D eigenvalue weighted by Gasteiger charge is -2.39. The topological polar surface area (TPSA) is 93.4 Å². The van der Waals surface area contributed by atoms with E-state index in [1.54, 1.807) is 28.6 Å². The van der Waals surface area contributed by atoms with Gasteiger partial charge in [0.1, 0.15) is 0 Å². The van der Waals surface area contributed by atoms with Gasteiger partial charge in [-0.1, -0.05) is 35.9 Å². The van der Waals surface area contributed by atoms with E-state index in [2.05, 4.69) is 11.4 Å². The summed E-state index contributed by atoms with van der Waals surface area (Å²) in [4.78, 5) is 0.289. The first kappa shape index (κ1) is 21.7. The molecule has 1 saturated heterocycles. The molecule has 6 nitrogen and oxygen atoms in total. The van der Waals surface area contributed by atoms with Gasteiger partial charge in [0.05, 0.1) is 35.2 Å². The Morgan fingerprint density at radius 1 is 1.06 bits per heavy atom. The number of aliphatic hydroxyl groups excluding tert-OH is 1. The number of nitriles is 1. The summed E-state index contributed by atoms with van der Waals surface area (Å²) in [7, 11) is -3.70. The van der Waals surface area contributed by atoms with E-state index in [4.69, 9.17) is 5.26 Å². The second kappa shape index (κ2) is 8.31. The van der Waals surface area contributed by atoms with Crippen molar-refractivity contribution in [3.05, 3.63) is 83.4 Å². The number of aryl methyl sites for hydroxylation is 1. The van der Waals surface area contributed by atoms with Crippen molar-refractivity contribution < 1.29 is 13.5 Å². The molecule has 3 aromatic rings. The lowest BCUT2D eigenvalue weighted by Crippen LogP contribution is -2.42. The Morgan fingerprint density at radius 3 is 2.42 bits per heavy atom. The number of aliphatic hydroxyl groups is 1. The average Bonchev–Trinajstić information content (AvgIpc) is 3.30. The van der Waals surface area contributed by atoms with E-state index in [1.165, 1.54) is 0 Å². The van der Waals surface area contributed by atoms with E-state index in [1.807, 2.05) is 49.4 Å². The minimum atomic E-state index is -3.70. The molecule has 5 rings (SSSR count). The van der Waals surface area contributed by atoms with Gasteiger partial charge in [-0.25, -0.2) is 8.42 Å². The quantitative estimate of drug-likeness (QED) is 0.613. The Kier molecular flexibility index (Phi) is 5.45. The minimum Gasteiger partial charge on any atom is -0.394 e. The first-order valence-corrected chi connectivity index (χ1v) is 12.5. The maximum atomic E-state index is 13.6. The predicted octanol–water partition coefficient (Wildman–Crippen LogP) is 4.07. The molecule has 0 unspecified atom stereocenters. The summed E-state index contributed by atoms with van der Waals surface area (Å²) in [5.41, 5.74) is 5.28. The van der Waals surface area contributed by atoms with Crippen LogP contribution in [0.3, 0.4) is 0 Å². The summed E-state index contributed by atoms with van der Waals surface area (Å²) in [5.74, 6) is -0.0288. The summed E-state index contributed by atoms with van der Waals surface area (Å²) in [6, 6.07) is 21.9. The average molecular weight is 460 g/mol. The van der Waals surface area contributed by atoms with Crippen molar-refractivity contribution in [3.63, 3.8) is 0 Å². The molecule has 0 saturated carbocycles. The highest BCUT2D eigenvalue weighted by Crippen LogP contribution is 2.49. The molecule has 2 heterocycles. The second-order valence-electron chi connectivity index (χ2n) is 8.75. The lowest BCUT2D eigenvalue weighted by atomic mass is 9.82. The maximum absolute atomic E-state index is 13.6. The van der Waals surface area contributed by atoms with Crippen LogP contribution in [0.4, 0.5) is 5.69 Å². The molecule has 0 aliphatic carbocycles. The molecule has 0 spiro atoms. The van der Waals surface area contributed by atoms with Crippen molar-refractivity contribution in [2.75, 3.05) is 18.5 Å². The van der Waals surface area contributed by atoms with Gasteiger partial charge in [-0.3, -0.25) is 0 Å². The van der Waals surface area contributed by atoms with Crippen LogP contribution in [0.1, 0.15) is 29.2 Å². The van der Waals surface area contributed by atoms with Gasteiger partial charge in [0.2, 0.25) is 10.0 Å². The molecule has 7 heteroatoms. The van der Waals surface area contributed by atoms with Crippen molar-refractivity contribution in [2.24, 2.45) is 5.92 Å². The maximum Gasteiger partial charge on any atom is 0.243 e. The van der Waals surface area contributed by atoms with E-state index in [-0.39, 0.29) is 29.5 Å². The molecular weight excluding hydrogens is 434 g/mol. The van der Waals surface area contributed by atoms with Crippen LogP contribution in [0.5, 0.6) is 0 Å². The zero-order valence-corrected chi connectivity index (χ0v) is 19.1. The largest absolute Gasteiger partial charge is 0.394 e. The van der Waals surface area contributed by atoms with Gasteiger partial charge in [-0.05, 0) is 66.4 Å². The van der Waals surface area contributed by atoms with Crippen LogP contribution < -0.4 is 5.32 Å². The number of benzene rings is 3. The van der Waals surface area contributed by atoms with Gasteiger partial charge >= 0.3 is 0 Å². The van der Waals surface area contributed by atoms with Crippen LogP contribution in [0.15, 0.2) is 71.6 Å². The van der Waals surface area contributed by atoms with Crippen molar-refractivity contribution in [1.29, 1.82) is 5.26 Å². The molecule has 0 aromatic heterocycles. The van der Waals surface area contributed by atoms with Crippen molar-refractivity contribution in [2.45, 2.75) is 30.3 Å². The van der Waals surface area contributed by atoms with Gasteiger partial charge in [-0.15, -0.1) is 0 Å². The SMILES string of the molecule is Cc1ccc(S(=O)(=O)N2CC[C@@H]3[C@H](CO)Nc4ccc(-c5ccc(C#N)cc5)cc4[C@@H]32)cc1. The Bertz CT molecular complexity index is 1330. The second-order valence-corrected chi connectivity index (χ2v) is 10.6. The number of rotatable bonds is 4. The fourth-order valence-electron chi connectivity index (χ4n) is 5.05. The Hall–Kier alpha value is -3.18. The number of anilines is 1. The highest BCUT2D eigenvalue weighted by molar-refractivity contribution is 7.89. The first-order valence-electron chi connectivity index (χ1n) is 11.0. The molecule has 1 fully saturated rings. The molecule has 2 N–H and O–H groups in total. The molecule has 33 heavy (non-hydrogen) atoms. The predicted molar refractivity (Wildman–Crippen MR) is 127 cm³/mol. The minimum absolute atomic E-state index is 0.0288. The van der Waals surface area contributed by atoms with Gasteiger partial charge in [-0.2, -0.15) is 9.57 Å². The third-order valence-corrected chi connectivity index (χ3v) is 8.69. The number of hydrogen-bond donors (Lipinski definition) is 2. The van der Waals surface area contributed by atoms with Crippen LogP contribution in [0.25, 0.3) is 11.1 Å². The van der Waals surface area contributed by atoms with Gasteiger partial charge < -0.3 is 10.4 Å². The molecule has 3 aromatic carbocycles. The Balaban J connectivity index is 1.59. The van der Waals surface area contributed by atoms with E-state index in [9.17, 15) is 13.5 Å². The molecular formula is C26H25N3O3S. The van der Waals surface area contributed by atoms with Crippen LogP contribution >= 0.6 is 0 Å². The Morgan fingerprint density at radius 2 is 1.76 bits per heavy atom. The van der Waals surface area contributed by atoms with E-state index < -0.39 is 10.0 Å². The van der Waals surface area contributed by atoms with E-state index >= 15 is 0 Å². The summed E-state index contributed by atoms with van der Waals surface area (Å²) in [5, 5.41) is 22.5. The normalized spacial score (nSPS) is 22.2. The van der Waals surface area contributed by atoms with Crippen molar-refractivity contribution in [1.82, 2.24) is 4.31 Å². The number of nitrogens with zero attached hydrogens (tertiary/aromatic N) is 2. The number of sulfonamides is 1. The first-order chi connectivity index (χ1) is 15.9. The van der Waals surface area contributed by atoms with E-state index in [0.717, 1.165) is 27.9 Å². The van der Waals surface area contributed by atoms with Crippen LogP contribution in [0.2, 0.25) is 0 Å². The summed E-state index contributed by atoms with van der Waals surface area (Å²) < 4.78 is 28.9. The standard InChI is InChI=1S/C26H25N3O3S/c1-17-2-9-21(10-3-17)33(31,32)29-13-12-22-25(16-30)28-24-11-8-20(14-23(24)26(22)29)19-6-4-18(15-27)5-7-19/h2-11,14,22,25-26,28,30H,12-13,16H2,1H3/t22-,25+,26-/m1/s1. The molecule has 2 aliphatic heterocycles. The van der Waals surface area contributed by atoms with Gasteiger partial charge in [0.25, 0.3) is 0 Å². The third-order valence-electron chi connectivity index (χ3n) is 6.80. The smallest absolute Gasteiger partial charge is 0.243 e. The molecule has 2 aliphatic rings. The molecule has 0 radical (unpaired) electrons. The third kappa shape index (κ3) is 3.70. The highest BCUT2D eigenvalue weighted by atomic mass is 32.2. The van der Waals surface area contributed by atoms with E-state index in [0.29, 0.717) is 18.5 Å². The zero-order valence-electron chi connectivity index (χ0n) is 18.3. The zero-order chi connectivity index (χ0) is 23.2. The fourth-order valence-corrected chi connectivity index (χ4v) is 6.72. The fraction of sp³-hybridized carbons (Fsp3) is 0.269. The van der Waals surface area contributed by atoms with Crippen molar-refractivity contribution in [3.8, 4) is 17.2 Å².